The monoisotopic (exact) mass is 400 g/mol. The van der Waals surface area contributed by atoms with Gasteiger partial charge in [0.15, 0.2) is 0 Å². The highest BCUT2D eigenvalue weighted by Crippen LogP contribution is 2.26. The minimum atomic E-state index is -3.34. The molecular formula is C22H28N2O3S. The van der Waals surface area contributed by atoms with Crippen molar-refractivity contribution in [2.45, 2.75) is 45.6 Å². The average molecular weight is 401 g/mol. The molecular weight excluding hydrogens is 372 g/mol. The van der Waals surface area contributed by atoms with Gasteiger partial charge in [-0.25, -0.2) is 8.42 Å². The van der Waals surface area contributed by atoms with E-state index in [9.17, 15) is 13.2 Å². The number of nitrogens with one attached hydrogen (secondary N) is 1. The molecule has 0 radical (unpaired) electrons. The maximum absolute atomic E-state index is 12.7. The lowest BCUT2D eigenvalue weighted by atomic mass is 9.89. The van der Waals surface area contributed by atoms with E-state index in [1.54, 1.807) is 25.1 Å². The summed E-state index contributed by atoms with van der Waals surface area (Å²) in [7, 11) is -1.83. The van der Waals surface area contributed by atoms with Gasteiger partial charge < -0.3 is 5.32 Å². The fourth-order valence-corrected chi connectivity index (χ4v) is 4.28. The number of carbonyl (C=O) groups is 1. The van der Waals surface area contributed by atoms with Crippen molar-refractivity contribution < 1.29 is 13.2 Å². The molecule has 0 aliphatic heterocycles. The van der Waals surface area contributed by atoms with E-state index in [4.69, 9.17) is 0 Å². The minimum Gasteiger partial charge on any atom is -0.346 e. The largest absolute Gasteiger partial charge is 0.346 e. The summed E-state index contributed by atoms with van der Waals surface area (Å²) in [6, 6.07) is 11.5. The van der Waals surface area contributed by atoms with Crippen LogP contribution in [0.15, 0.2) is 36.4 Å². The van der Waals surface area contributed by atoms with Crippen molar-refractivity contribution in [3.8, 4) is 0 Å². The van der Waals surface area contributed by atoms with E-state index in [-0.39, 0.29) is 11.9 Å². The van der Waals surface area contributed by atoms with Crippen molar-refractivity contribution in [2.75, 3.05) is 17.6 Å². The predicted molar refractivity (Wildman–Crippen MR) is 113 cm³/mol. The summed E-state index contributed by atoms with van der Waals surface area (Å²) in [6.45, 7) is 3.79. The van der Waals surface area contributed by atoms with Gasteiger partial charge in [-0.2, -0.15) is 0 Å². The van der Waals surface area contributed by atoms with Crippen LogP contribution < -0.4 is 9.62 Å². The smallest absolute Gasteiger partial charge is 0.251 e. The number of carbonyl (C=O) groups excluding carboxylic acids is 1. The molecule has 1 amide bonds. The van der Waals surface area contributed by atoms with Crippen LogP contribution in [0.4, 0.5) is 5.69 Å². The molecule has 0 aromatic heterocycles. The highest BCUT2D eigenvalue weighted by Gasteiger charge is 2.18. The van der Waals surface area contributed by atoms with Crippen LogP contribution in [0.3, 0.4) is 0 Å². The summed E-state index contributed by atoms with van der Waals surface area (Å²) in [6.07, 6.45) is 5.89. The Kier molecular flexibility index (Phi) is 5.79. The quantitative estimate of drug-likeness (QED) is 0.831. The second kappa shape index (κ2) is 7.95. The van der Waals surface area contributed by atoms with Gasteiger partial charge in [0.2, 0.25) is 10.0 Å². The van der Waals surface area contributed by atoms with Gasteiger partial charge in [-0.05, 0) is 80.0 Å². The summed E-state index contributed by atoms with van der Waals surface area (Å²) in [5.41, 5.74) is 5.76. The molecule has 0 saturated carbocycles. The Morgan fingerprint density at radius 2 is 1.75 bits per heavy atom. The summed E-state index contributed by atoms with van der Waals surface area (Å²) >= 11 is 0. The first-order chi connectivity index (χ1) is 13.2. The first kappa shape index (κ1) is 20.4. The number of benzene rings is 2. The molecule has 2 aromatic carbocycles. The molecule has 0 spiro atoms. The second-order valence-electron chi connectivity index (χ2n) is 7.66. The van der Waals surface area contributed by atoms with Gasteiger partial charge in [0.05, 0.1) is 18.0 Å². The molecule has 0 bridgehead atoms. The number of hydrogen-bond donors (Lipinski definition) is 1. The van der Waals surface area contributed by atoms with Crippen LogP contribution in [-0.2, 0) is 22.9 Å². The summed E-state index contributed by atoms with van der Waals surface area (Å²) < 4.78 is 24.7. The Hall–Kier alpha value is -2.34. The molecule has 28 heavy (non-hydrogen) atoms. The predicted octanol–water partition coefficient (Wildman–Crippen LogP) is 3.76. The molecule has 0 fully saturated rings. The van der Waals surface area contributed by atoms with Crippen LogP contribution in [0.1, 0.15) is 58.4 Å². The normalized spacial score (nSPS) is 14.9. The van der Waals surface area contributed by atoms with Gasteiger partial charge in [0.1, 0.15) is 0 Å². The number of nitrogens with zero attached hydrogens (tertiary/aromatic N) is 1. The van der Waals surface area contributed by atoms with Crippen molar-refractivity contribution in [2.24, 2.45) is 0 Å². The average Bonchev–Trinajstić information content (AvgIpc) is 2.66. The first-order valence-electron chi connectivity index (χ1n) is 9.64. The van der Waals surface area contributed by atoms with Gasteiger partial charge in [-0.1, -0.05) is 18.2 Å². The van der Waals surface area contributed by atoms with Crippen molar-refractivity contribution in [3.05, 3.63) is 64.2 Å². The zero-order valence-corrected chi connectivity index (χ0v) is 17.8. The highest BCUT2D eigenvalue weighted by molar-refractivity contribution is 7.92. The lowest BCUT2D eigenvalue weighted by Gasteiger charge is -2.21. The Morgan fingerprint density at radius 3 is 2.39 bits per heavy atom. The lowest BCUT2D eigenvalue weighted by Crippen LogP contribution is -2.28. The third-order valence-corrected chi connectivity index (χ3v) is 6.71. The van der Waals surface area contributed by atoms with Crippen LogP contribution in [0.25, 0.3) is 0 Å². The molecule has 3 rings (SSSR count). The zero-order chi connectivity index (χ0) is 20.5. The van der Waals surface area contributed by atoms with Gasteiger partial charge in [-0.3, -0.25) is 9.10 Å². The van der Waals surface area contributed by atoms with Gasteiger partial charge in [0.25, 0.3) is 5.91 Å². The SMILES string of the molecule is Cc1cc(C(=O)N[C@H](C)c2ccc3c(c2)CCCC3)ccc1N(C)S(C)(=O)=O. The number of hydrogen-bond acceptors (Lipinski definition) is 3. The fraction of sp³-hybridized carbons (Fsp3) is 0.409. The molecule has 0 saturated heterocycles. The molecule has 0 unspecified atom stereocenters. The van der Waals surface area contributed by atoms with E-state index < -0.39 is 10.0 Å². The Labute approximate surface area is 167 Å². The molecule has 6 heteroatoms. The summed E-state index contributed by atoms with van der Waals surface area (Å²) in [5.74, 6) is -0.165. The Morgan fingerprint density at radius 1 is 1.07 bits per heavy atom. The van der Waals surface area contributed by atoms with E-state index >= 15 is 0 Å². The highest BCUT2D eigenvalue weighted by atomic mass is 32.2. The minimum absolute atomic E-state index is 0.0987. The van der Waals surface area contributed by atoms with Crippen LogP contribution in [0, 0.1) is 6.92 Å². The molecule has 5 nitrogen and oxygen atoms in total. The molecule has 1 aliphatic carbocycles. The molecule has 1 aliphatic rings. The number of rotatable bonds is 5. The van der Waals surface area contributed by atoms with Crippen molar-refractivity contribution >= 4 is 21.6 Å². The standard InChI is InChI=1S/C22H28N2O3S/c1-15-13-20(11-12-21(15)24(3)28(4,26)27)22(25)23-16(2)18-10-9-17-7-5-6-8-19(17)14-18/h9-14,16H,5-8H2,1-4H3,(H,23,25)/t16-/m1/s1. The lowest BCUT2D eigenvalue weighted by molar-refractivity contribution is 0.0940. The summed E-state index contributed by atoms with van der Waals surface area (Å²) in [5, 5.41) is 3.05. The molecule has 1 atom stereocenters. The topological polar surface area (TPSA) is 66.5 Å². The second-order valence-corrected chi connectivity index (χ2v) is 9.68. The molecule has 0 heterocycles. The number of anilines is 1. The maximum Gasteiger partial charge on any atom is 0.251 e. The molecule has 1 N–H and O–H groups in total. The third kappa shape index (κ3) is 4.38. The van der Waals surface area contributed by atoms with Crippen molar-refractivity contribution in [3.63, 3.8) is 0 Å². The third-order valence-electron chi connectivity index (χ3n) is 5.52. The van der Waals surface area contributed by atoms with E-state index in [2.05, 4.69) is 23.5 Å². The van der Waals surface area contributed by atoms with Gasteiger partial charge in [0, 0.05) is 12.6 Å². The first-order valence-corrected chi connectivity index (χ1v) is 11.5. The maximum atomic E-state index is 12.7. The van der Waals surface area contributed by atoms with Crippen LogP contribution in [-0.4, -0.2) is 27.6 Å². The number of aryl methyl sites for hydroxylation is 3. The number of sulfonamides is 1. The van der Waals surface area contributed by atoms with E-state index in [1.807, 2.05) is 6.92 Å². The van der Waals surface area contributed by atoms with E-state index in [1.165, 1.54) is 35.3 Å². The Bertz CT molecular complexity index is 999. The van der Waals surface area contributed by atoms with E-state index in [0.717, 1.165) is 30.2 Å². The van der Waals surface area contributed by atoms with Crippen LogP contribution >= 0.6 is 0 Å². The van der Waals surface area contributed by atoms with Crippen molar-refractivity contribution in [1.29, 1.82) is 0 Å². The van der Waals surface area contributed by atoms with Gasteiger partial charge in [-0.15, -0.1) is 0 Å². The number of amides is 1. The number of fused-ring (bicyclic) bond motifs is 1. The Balaban J connectivity index is 1.75. The van der Waals surface area contributed by atoms with Crippen LogP contribution in [0.2, 0.25) is 0 Å². The molecule has 2 aromatic rings. The fourth-order valence-electron chi connectivity index (χ4n) is 3.71. The van der Waals surface area contributed by atoms with Crippen molar-refractivity contribution in [1.82, 2.24) is 5.32 Å². The zero-order valence-electron chi connectivity index (χ0n) is 17.0. The van der Waals surface area contributed by atoms with E-state index in [0.29, 0.717) is 11.3 Å². The summed E-state index contributed by atoms with van der Waals surface area (Å²) in [4.78, 5) is 12.7. The van der Waals surface area contributed by atoms with Gasteiger partial charge >= 0.3 is 0 Å². The van der Waals surface area contributed by atoms with Crippen LogP contribution in [0.5, 0.6) is 0 Å². The molecule has 150 valence electrons.